The molecule has 5 heteroatoms. The van der Waals surface area contributed by atoms with E-state index in [-0.39, 0.29) is 5.97 Å². The van der Waals surface area contributed by atoms with Crippen LogP contribution in [0.15, 0.2) is 40.0 Å². The zero-order chi connectivity index (χ0) is 14.7. The van der Waals surface area contributed by atoms with E-state index in [0.717, 1.165) is 23.1 Å². The van der Waals surface area contributed by atoms with Crippen LogP contribution in [0.25, 0.3) is 0 Å². The summed E-state index contributed by atoms with van der Waals surface area (Å²) in [4.78, 5) is 18.6. The molecule has 2 atom stereocenters. The number of quaternary nitrogens is 1. The first-order chi connectivity index (χ1) is 9.47. The number of hydroxylamine groups is 1. The number of hydrogen-bond acceptors (Lipinski definition) is 3. The molecule has 0 spiro atoms. The van der Waals surface area contributed by atoms with Crippen molar-refractivity contribution >= 4 is 21.9 Å². The predicted molar refractivity (Wildman–Crippen MR) is 81.2 cm³/mol. The maximum absolute atomic E-state index is 11.9. The standard InChI is InChI=1S/C15H19BrN2O2/c1-10-9-18(3)11(2)8-14(10)17-20-15(19)12-4-6-13(16)7-5-12/h4-7,11,17H,8-9H2,1-3H3/p+1/t11-/m1/s1. The summed E-state index contributed by atoms with van der Waals surface area (Å²) in [6.45, 7) is 5.24. The maximum Gasteiger partial charge on any atom is 0.362 e. The van der Waals surface area contributed by atoms with Crippen LogP contribution in [0.2, 0.25) is 0 Å². The van der Waals surface area contributed by atoms with E-state index in [2.05, 4.69) is 42.3 Å². The van der Waals surface area contributed by atoms with Gasteiger partial charge in [-0.3, -0.25) is 0 Å². The molecule has 1 aromatic rings. The SMILES string of the molecule is CC1=C(NOC(=O)c2ccc(Br)cc2)C[C@@H](C)[NH+](C)C1. The van der Waals surface area contributed by atoms with E-state index in [1.807, 2.05) is 12.1 Å². The van der Waals surface area contributed by atoms with Gasteiger partial charge in [-0.25, -0.2) is 10.3 Å². The van der Waals surface area contributed by atoms with E-state index < -0.39 is 0 Å². The lowest BCUT2D eigenvalue weighted by molar-refractivity contribution is -0.901. The third kappa shape index (κ3) is 3.61. The molecular weight excluding hydrogens is 320 g/mol. The summed E-state index contributed by atoms with van der Waals surface area (Å²) < 4.78 is 0.938. The molecule has 4 nitrogen and oxygen atoms in total. The van der Waals surface area contributed by atoms with Gasteiger partial charge >= 0.3 is 5.97 Å². The maximum atomic E-state index is 11.9. The van der Waals surface area contributed by atoms with Crippen molar-refractivity contribution in [1.82, 2.24) is 5.48 Å². The summed E-state index contributed by atoms with van der Waals surface area (Å²) in [6, 6.07) is 7.63. The van der Waals surface area contributed by atoms with Gasteiger partial charge in [0.1, 0.15) is 6.54 Å². The summed E-state index contributed by atoms with van der Waals surface area (Å²) in [6.07, 6.45) is 0.894. The predicted octanol–water partition coefficient (Wildman–Crippen LogP) is 1.69. The molecule has 0 saturated heterocycles. The molecule has 1 aromatic carbocycles. The molecular formula is C15H20BrN2O2+. The number of hydrogen-bond donors (Lipinski definition) is 2. The minimum atomic E-state index is -0.364. The summed E-state index contributed by atoms with van der Waals surface area (Å²) in [7, 11) is 2.18. The van der Waals surface area contributed by atoms with Crippen molar-refractivity contribution in [1.29, 1.82) is 0 Å². The molecule has 1 heterocycles. The molecule has 2 N–H and O–H groups in total. The summed E-state index contributed by atoms with van der Waals surface area (Å²) in [5, 5.41) is 0. The first kappa shape index (κ1) is 15.1. The van der Waals surface area contributed by atoms with Crippen LogP contribution in [0.3, 0.4) is 0 Å². The molecule has 0 aromatic heterocycles. The number of rotatable bonds is 3. The van der Waals surface area contributed by atoms with E-state index in [4.69, 9.17) is 4.84 Å². The van der Waals surface area contributed by atoms with Crippen LogP contribution in [0.4, 0.5) is 0 Å². The third-order valence-electron chi connectivity index (χ3n) is 3.76. The Morgan fingerprint density at radius 3 is 2.70 bits per heavy atom. The Morgan fingerprint density at radius 1 is 1.40 bits per heavy atom. The van der Waals surface area contributed by atoms with E-state index in [1.165, 1.54) is 10.5 Å². The van der Waals surface area contributed by atoms with Gasteiger partial charge in [-0.05, 0) is 38.1 Å². The van der Waals surface area contributed by atoms with Crippen LogP contribution in [0.1, 0.15) is 30.6 Å². The van der Waals surface area contributed by atoms with Gasteiger partial charge < -0.3 is 9.74 Å². The van der Waals surface area contributed by atoms with Crippen molar-refractivity contribution < 1.29 is 14.5 Å². The highest BCUT2D eigenvalue weighted by Gasteiger charge is 2.24. The summed E-state index contributed by atoms with van der Waals surface area (Å²) in [5.41, 5.74) is 5.63. The van der Waals surface area contributed by atoms with Crippen molar-refractivity contribution in [3.8, 4) is 0 Å². The van der Waals surface area contributed by atoms with E-state index >= 15 is 0 Å². The molecule has 0 aliphatic carbocycles. The first-order valence-corrected chi connectivity index (χ1v) is 7.50. The minimum absolute atomic E-state index is 0.364. The van der Waals surface area contributed by atoms with Gasteiger partial charge in [-0.1, -0.05) is 15.9 Å². The minimum Gasteiger partial charge on any atom is -0.338 e. The molecule has 1 unspecified atom stereocenters. The number of likely N-dealkylation sites (N-methyl/N-ethyl adjacent to an activating group) is 1. The molecule has 2 rings (SSSR count). The van der Waals surface area contributed by atoms with Gasteiger partial charge in [0.25, 0.3) is 0 Å². The molecule has 1 aliphatic heterocycles. The lowest BCUT2D eigenvalue weighted by Crippen LogP contribution is -3.13. The number of benzene rings is 1. The number of nitrogens with one attached hydrogen (secondary N) is 2. The van der Waals surface area contributed by atoms with Gasteiger partial charge in [0.15, 0.2) is 0 Å². The Hall–Kier alpha value is -1.33. The van der Waals surface area contributed by atoms with Gasteiger partial charge in [0, 0.05) is 16.5 Å². The van der Waals surface area contributed by atoms with Crippen molar-refractivity contribution in [2.24, 2.45) is 0 Å². The smallest absolute Gasteiger partial charge is 0.338 e. The highest BCUT2D eigenvalue weighted by Crippen LogP contribution is 2.13. The van der Waals surface area contributed by atoms with Crippen LogP contribution >= 0.6 is 15.9 Å². The quantitative estimate of drug-likeness (QED) is 0.823. The highest BCUT2D eigenvalue weighted by atomic mass is 79.9. The second-order valence-electron chi connectivity index (χ2n) is 5.39. The second kappa shape index (κ2) is 6.41. The average molecular weight is 340 g/mol. The zero-order valence-corrected chi connectivity index (χ0v) is 13.6. The van der Waals surface area contributed by atoms with E-state index in [1.54, 1.807) is 12.1 Å². The molecule has 0 radical (unpaired) electrons. The van der Waals surface area contributed by atoms with Gasteiger partial charge in [0.2, 0.25) is 0 Å². The molecule has 0 amide bonds. The monoisotopic (exact) mass is 339 g/mol. The normalized spacial score (nSPS) is 22.6. The summed E-state index contributed by atoms with van der Waals surface area (Å²) >= 11 is 3.34. The Balaban J connectivity index is 1.96. The lowest BCUT2D eigenvalue weighted by atomic mass is 10.0. The molecule has 20 heavy (non-hydrogen) atoms. The molecule has 0 fully saturated rings. The first-order valence-electron chi connectivity index (χ1n) is 6.71. The van der Waals surface area contributed by atoms with Gasteiger partial charge in [-0.2, -0.15) is 0 Å². The van der Waals surface area contributed by atoms with Crippen molar-refractivity contribution in [3.63, 3.8) is 0 Å². The summed E-state index contributed by atoms with van der Waals surface area (Å²) in [5.74, 6) is -0.364. The third-order valence-corrected chi connectivity index (χ3v) is 4.29. The fourth-order valence-corrected chi connectivity index (χ4v) is 2.50. The van der Waals surface area contributed by atoms with E-state index in [0.29, 0.717) is 11.6 Å². The Kier molecular flexibility index (Phi) is 4.83. The molecule has 1 aliphatic rings. The number of carbonyl (C=O) groups excluding carboxylic acids is 1. The van der Waals surface area contributed by atoms with Gasteiger partial charge in [0.05, 0.1) is 24.4 Å². The van der Waals surface area contributed by atoms with Gasteiger partial charge in [-0.15, -0.1) is 0 Å². The Bertz CT molecular complexity index is 525. The Morgan fingerprint density at radius 2 is 2.05 bits per heavy atom. The van der Waals surface area contributed by atoms with Crippen LogP contribution in [-0.4, -0.2) is 25.6 Å². The molecule has 108 valence electrons. The van der Waals surface area contributed by atoms with Crippen LogP contribution in [0, 0.1) is 0 Å². The van der Waals surface area contributed by atoms with Crippen LogP contribution in [-0.2, 0) is 4.84 Å². The molecule has 0 saturated carbocycles. The van der Waals surface area contributed by atoms with Crippen LogP contribution in [0.5, 0.6) is 0 Å². The van der Waals surface area contributed by atoms with Crippen molar-refractivity contribution in [2.75, 3.05) is 13.6 Å². The highest BCUT2D eigenvalue weighted by molar-refractivity contribution is 9.10. The lowest BCUT2D eigenvalue weighted by Gasteiger charge is -2.29. The second-order valence-corrected chi connectivity index (χ2v) is 6.30. The molecule has 0 bridgehead atoms. The van der Waals surface area contributed by atoms with Crippen molar-refractivity contribution in [2.45, 2.75) is 26.3 Å². The fraction of sp³-hybridized carbons (Fsp3) is 0.400. The van der Waals surface area contributed by atoms with Crippen LogP contribution < -0.4 is 10.4 Å². The average Bonchev–Trinajstić information content (AvgIpc) is 2.42. The number of carbonyl (C=O) groups is 1. The topological polar surface area (TPSA) is 42.8 Å². The largest absolute Gasteiger partial charge is 0.362 e. The zero-order valence-electron chi connectivity index (χ0n) is 12.0. The van der Waals surface area contributed by atoms with Crippen molar-refractivity contribution in [3.05, 3.63) is 45.6 Å². The Labute approximate surface area is 127 Å². The number of halogens is 1. The fourth-order valence-electron chi connectivity index (χ4n) is 2.24. The van der Waals surface area contributed by atoms with E-state index in [9.17, 15) is 4.79 Å².